The third-order valence-corrected chi connectivity index (χ3v) is 6.44. The van der Waals surface area contributed by atoms with E-state index in [1.54, 1.807) is 11.1 Å². The highest BCUT2D eigenvalue weighted by atomic mass is 35.5. The second-order valence-corrected chi connectivity index (χ2v) is 8.37. The highest BCUT2D eigenvalue weighted by Crippen LogP contribution is 2.43. The van der Waals surface area contributed by atoms with Gasteiger partial charge in [0, 0.05) is 35.4 Å². The minimum Gasteiger partial charge on any atom is -0.321 e. The molecule has 142 valence electrons. The quantitative estimate of drug-likeness (QED) is 0.864. The van der Waals surface area contributed by atoms with E-state index < -0.39 is 0 Å². The van der Waals surface area contributed by atoms with Gasteiger partial charge >= 0.3 is 6.03 Å². The average molecular weight is 385 g/mol. The predicted octanol–water partition coefficient (Wildman–Crippen LogP) is 4.16. The van der Waals surface area contributed by atoms with Crippen LogP contribution in [0.4, 0.5) is 10.6 Å². The molecular weight excluding hydrogens is 360 g/mol. The van der Waals surface area contributed by atoms with Crippen molar-refractivity contribution in [3.05, 3.63) is 59.2 Å². The van der Waals surface area contributed by atoms with Gasteiger partial charge in [0.2, 0.25) is 0 Å². The molecule has 2 heterocycles. The number of amides is 2. The van der Waals surface area contributed by atoms with Gasteiger partial charge in [-0.15, -0.1) is 0 Å². The summed E-state index contributed by atoms with van der Waals surface area (Å²) >= 11 is 6.16. The number of pyridine rings is 1. The van der Waals surface area contributed by atoms with Crippen LogP contribution in [0.5, 0.6) is 0 Å². The molecule has 2 aliphatic rings. The summed E-state index contributed by atoms with van der Waals surface area (Å²) in [4.78, 5) is 21.2. The van der Waals surface area contributed by atoms with E-state index in [1.807, 2.05) is 41.3 Å². The molecule has 1 aromatic heterocycles. The van der Waals surface area contributed by atoms with Gasteiger partial charge in [0.1, 0.15) is 5.82 Å². The van der Waals surface area contributed by atoms with Crippen molar-refractivity contribution in [3.8, 4) is 0 Å². The van der Waals surface area contributed by atoms with E-state index in [2.05, 4.69) is 18.0 Å². The first-order chi connectivity index (χ1) is 12.9. The molecule has 2 N–H and O–H groups in total. The molecule has 0 spiro atoms. The Kier molecular flexibility index (Phi) is 4.60. The zero-order valence-corrected chi connectivity index (χ0v) is 16.3. The van der Waals surface area contributed by atoms with Crippen LogP contribution in [0.15, 0.2) is 48.7 Å². The first kappa shape index (κ1) is 18.3. The summed E-state index contributed by atoms with van der Waals surface area (Å²) in [7, 11) is 0. The van der Waals surface area contributed by atoms with Crippen LogP contribution in [0, 0.1) is 0 Å². The number of carbonyl (C=O) groups excluding carboxylic acids is 1. The van der Waals surface area contributed by atoms with Crippen LogP contribution in [0.2, 0.25) is 5.02 Å². The summed E-state index contributed by atoms with van der Waals surface area (Å²) in [6, 6.07) is 13.5. The molecule has 0 atom stereocenters. The highest BCUT2D eigenvalue weighted by molar-refractivity contribution is 6.30. The number of rotatable bonds is 3. The number of urea groups is 1. The number of hydrogen-bond acceptors (Lipinski definition) is 3. The van der Waals surface area contributed by atoms with Gasteiger partial charge in [0.05, 0.1) is 0 Å². The molecule has 0 unspecified atom stereocenters. The van der Waals surface area contributed by atoms with Gasteiger partial charge < -0.3 is 10.6 Å². The SMILES string of the molecule is CC1(N2CCN(c3ccccn3)C2=O)CCC(N)(c2cccc(Cl)c2)CC1. The summed E-state index contributed by atoms with van der Waals surface area (Å²) < 4.78 is 0. The van der Waals surface area contributed by atoms with E-state index in [0.29, 0.717) is 11.6 Å². The second-order valence-electron chi connectivity index (χ2n) is 7.94. The Morgan fingerprint density at radius 1 is 1.07 bits per heavy atom. The van der Waals surface area contributed by atoms with Crippen molar-refractivity contribution in [3.63, 3.8) is 0 Å². The standard InChI is InChI=1S/C21H25ClN4O/c1-20(26-14-13-25(19(26)27)18-7-2-3-12-24-18)8-10-21(23,11-9-20)16-5-4-6-17(22)15-16/h2-7,12,15H,8-11,13-14,23H2,1H3. The van der Waals surface area contributed by atoms with Gasteiger partial charge in [-0.2, -0.15) is 0 Å². The Hall–Kier alpha value is -2.11. The Bertz CT molecular complexity index is 833. The molecule has 6 heteroatoms. The Morgan fingerprint density at radius 2 is 1.85 bits per heavy atom. The molecule has 4 rings (SSSR count). The van der Waals surface area contributed by atoms with E-state index in [1.165, 1.54) is 0 Å². The fourth-order valence-electron chi connectivity index (χ4n) is 4.36. The number of anilines is 1. The monoisotopic (exact) mass is 384 g/mol. The maximum absolute atomic E-state index is 13.0. The summed E-state index contributed by atoms with van der Waals surface area (Å²) in [6.07, 6.45) is 5.13. The van der Waals surface area contributed by atoms with Crippen LogP contribution < -0.4 is 10.6 Å². The normalized spacial score (nSPS) is 28.6. The largest absolute Gasteiger partial charge is 0.326 e. The van der Waals surface area contributed by atoms with Gasteiger partial charge in [0.25, 0.3) is 0 Å². The zero-order valence-electron chi connectivity index (χ0n) is 15.6. The molecule has 5 nitrogen and oxygen atoms in total. The van der Waals surface area contributed by atoms with Crippen LogP contribution in [0.3, 0.4) is 0 Å². The predicted molar refractivity (Wildman–Crippen MR) is 108 cm³/mol. The van der Waals surface area contributed by atoms with E-state index in [-0.39, 0.29) is 17.1 Å². The fraction of sp³-hybridized carbons (Fsp3) is 0.429. The number of nitrogens with zero attached hydrogens (tertiary/aromatic N) is 3. The number of nitrogens with two attached hydrogens (primary N) is 1. The van der Waals surface area contributed by atoms with Crippen LogP contribution in [0.1, 0.15) is 38.2 Å². The van der Waals surface area contributed by atoms with Crippen molar-refractivity contribution in [1.29, 1.82) is 0 Å². The maximum atomic E-state index is 13.0. The van der Waals surface area contributed by atoms with Crippen molar-refractivity contribution in [2.75, 3.05) is 18.0 Å². The minimum atomic E-state index is -0.381. The van der Waals surface area contributed by atoms with Crippen LogP contribution in [0.25, 0.3) is 0 Å². The van der Waals surface area contributed by atoms with Crippen LogP contribution in [-0.2, 0) is 5.54 Å². The molecular formula is C21H25ClN4O. The molecule has 2 amide bonds. The van der Waals surface area contributed by atoms with Gasteiger partial charge in [0.15, 0.2) is 0 Å². The Balaban J connectivity index is 1.49. The van der Waals surface area contributed by atoms with Gasteiger partial charge in [-0.3, -0.25) is 4.90 Å². The molecule has 27 heavy (non-hydrogen) atoms. The number of halogens is 1. The van der Waals surface area contributed by atoms with Crippen molar-refractivity contribution in [1.82, 2.24) is 9.88 Å². The van der Waals surface area contributed by atoms with E-state index in [9.17, 15) is 4.79 Å². The zero-order chi connectivity index (χ0) is 19.1. The van der Waals surface area contributed by atoms with Crippen molar-refractivity contribution in [2.24, 2.45) is 5.73 Å². The van der Waals surface area contributed by atoms with Crippen LogP contribution >= 0.6 is 11.6 Å². The smallest absolute Gasteiger partial charge is 0.321 e. The molecule has 1 saturated carbocycles. The Labute approximate surface area is 165 Å². The lowest BCUT2D eigenvalue weighted by Crippen LogP contribution is -2.54. The molecule has 1 aliphatic heterocycles. The van der Waals surface area contributed by atoms with Gasteiger partial charge in [-0.1, -0.05) is 29.8 Å². The number of aromatic nitrogens is 1. The van der Waals surface area contributed by atoms with Gasteiger partial charge in [-0.05, 0) is 62.4 Å². The van der Waals surface area contributed by atoms with E-state index in [4.69, 9.17) is 17.3 Å². The summed E-state index contributed by atoms with van der Waals surface area (Å²) in [5, 5.41) is 0.714. The second kappa shape index (κ2) is 6.80. The molecule has 1 aliphatic carbocycles. The van der Waals surface area contributed by atoms with Crippen LogP contribution in [-0.4, -0.2) is 34.5 Å². The summed E-state index contributed by atoms with van der Waals surface area (Å²) in [6.45, 7) is 3.58. The topological polar surface area (TPSA) is 62.5 Å². The molecule has 1 saturated heterocycles. The molecule has 2 fully saturated rings. The van der Waals surface area contributed by atoms with E-state index in [0.717, 1.165) is 43.6 Å². The van der Waals surface area contributed by atoms with Gasteiger partial charge in [-0.25, -0.2) is 9.78 Å². The van der Waals surface area contributed by atoms with Crippen molar-refractivity contribution in [2.45, 2.75) is 43.7 Å². The number of benzene rings is 1. The first-order valence-electron chi connectivity index (χ1n) is 9.46. The maximum Gasteiger partial charge on any atom is 0.326 e. The molecule has 0 bridgehead atoms. The lowest BCUT2D eigenvalue weighted by atomic mass is 9.70. The fourth-order valence-corrected chi connectivity index (χ4v) is 4.55. The average Bonchev–Trinajstić information content (AvgIpc) is 3.07. The number of hydrogen-bond donors (Lipinski definition) is 1. The number of carbonyl (C=O) groups is 1. The lowest BCUT2D eigenvalue weighted by Gasteiger charge is -2.47. The molecule has 0 radical (unpaired) electrons. The van der Waals surface area contributed by atoms with Crippen molar-refractivity contribution < 1.29 is 4.79 Å². The molecule has 1 aromatic carbocycles. The van der Waals surface area contributed by atoms with E-state index >= 15 is 0 Å². The first-order valence-corrected chi connectivity index (χ1v) is 9.84. The summed E-state index contributed by atoms with van der Waals surface area (Å²) in [5.41, 5.74) is 7.26. The third-order valence-electron chi connectivity index (χ3n) is 6.21. The summed E-state index contributed by atoms with van der Waals surface area (Å²) in [5.74, 6) is 0.719. The highest BCUT2D eigenvalue weighted by Gasteiger charge is 2.47. The Morgan fingerprint density at radius 3 is 2.52 bits per heavy atom. The minimum absolute atomic E-state index is 0.0449. The van der Waals surface area contributed by atoms with Crippen molar-refractivity contribution >= 4 is 23.4 Å². The lowest BCUT2D eigenvalue weighted by molar-refractivity contribution is 0.0847. The molecule has 2 aromatic rings. The third kappa shape index (κ3) is 3.30.